The Balaban J connectivity index is 3.89. The summed E-state index contributed by atoms with van der Waals surface area (Å²) in [6.07, 6.45) is 1.51. The molecular weight excluding hydrogens is 216 g/mol. The number of methoxy groups -OCH3 is 1. The molecule has 0 rings (SSSR count). The fourth-order valence-electron chi connectivity index (χ4n) is 1.63. The molecule has 4 heteroatoms. The Bertz CT molecular complexity index is 206. The Morgan fingerprint density at radius 1 is 1.29 bits per heavy atom. The number of ether oxygens (including phenoxy) is 1. The van der Waals surface area contributed by atoms with E-state index in [0.717, 1.165) is 13.0 Å². The van der Waals surface area contributed by atoms with Crippen molar-refractivity contribution in [3.05, 3.63) is 0 Å². The van der Waals surface area contributed by atoms with Crippen LogP contribution in [0.4, 0.5) is 0 Å². The Morgan fingerprint density at radius 3 is 2.41 bits per heavy atom. The van der Waals surface area contributed by atoms with Crippen molar-refractivity contribution in [1.29, 1.82) is 0 Å². The SMILES string of the molecule is COCCN(C(=O)CCCNC(C)C)C(C)C. The highest BCUT2D eigenvalue weighted by atomic mass is 16.5. The molecule has 102 valence electrons. The van der Waals surface area contributed by atoms with Gasteiger partial charge in [-0.1, -0.05) is 13.8 Å². The molecule has 0 bridgehead atoms. The third-order valence-electron chi connectivity index (χ3n) is 2.60. The van der Waals surface area contributed by atoms with Crippen molar-refractivity contribution in [2.75, 3.05) is 26.8 Å². The van der Waals surface area contributed by atoms with E-state index >= 15 is 0 Å². The van der Waals surface area contributed by atoms with Gasteiger partial charge in [-0.15, -0.1) is 0 Å². The lowest BCUT2D eigenvalue weighted by molar-refractivity contribution is -0.133. The van der Waals surface area contributed by atoms with Crippen molar-refractivity contribution < 1.29 is 9.53 Å². The van der Waals surface area contributed by atoms with Gasteiger partial charge in [0.1, 0.15) is 0 Å². The Labute approximate surface area is 106 Å². The summed E-state index contributed by atoms with van der Waals surface area (Å²) in [6.45, 7) is 10.5. The quantitative estimate of drug-likeness (QED) is 0.627. The van der Waals surface area contributed by atoms with E-state index in [1.54, 1.807) is 7.11 Å². The summed E-state index contributed by atoms with van der Waals surface area (Å²) in [5, 5.41) is 3.32. The summed E-state index contributed by atoms with van der Waals surface area (Å²) in [5.74, 6) is 0.225. The lowest BCUT2D eigenvalue weighted by Gasteiger charge is -2.26. The molecule has 17 heavy (non-hydrogen) atoms. The molecule has 0 aromatic carbocycles. The van der Waals surface area contributed by atoms with Crippen LogP contribution in [0.5, 0.6) is 0 Å². The van der Waals surface area contributed by atoms with Crippen molar-refractivity contribution in [3.8, 4) is 0 Å². The van der Waals surface area contributed by atoms with E-state index in [1.807, 2.05) is 18.7 Å². The average Bonchev–Trinajstić information content (AvgIpc) is 2.24. The van der Waals surface area contributed by atoms with E-state index < -0.39 is 0 Å². The molecule has 0 spiro atoms. The fraction of sp³-hybridized carbons (Fsp3) is 0.923. The molecule has 0 atom stereocenters. The normalized spacial score (nSPS) is 11.2. The molecule has 0 radical (unpaired) electrons. The molecule has 0 aromatic rings. The monoisotopic (exact) mass is 244 g/mol. The molecule has 4 nitrogen and oxygen atoms in total. The maximum atomic E-state index is 12.0. The van der Waals surface area contributed by atoms with Gasteiger partial charge >= 0.3 is 0 Å². The van der Waals surface area contributed by atoms with Crippen LogP contribution < -0.4 is 5.32 Å². The van der Waals surface area contributed by atoms with Gasteiger partial charge in [-0.25, -0.2) is 0 Å². The van der Waals surface area contributed by atoms with Crippen LogP contribution in [0, 0.1) is 0 Å². The number of amides is 1. The number of nitrogens with zero attached hydrogens (tertiary/aromatic N) is 1. The lowest BCUT2D eigenvalue weighted by Crippen LogP contribution is -2.39. The third-order valence-corrected chi connectivity index (χ3v) is 2.60. The molecule has 0 aliphatic rings. The molecular formula is C13H28N2O2. The number of carbonyl (C=O) groups excluding carboxylic acids is 1. The van der Waals surface area contributed by atoms with Crippen molar-refractivity contribution >= 4 is 5.91 Å². The van der Waals surface area contributed by atoms with Gasteiger partial charge in [0.2, 0.25) is 5.91 Å². The van der Waals surface area contributed by atoms with E-state index in [1.165, 1.54) is 0 Å². The van der Waals surface area contributed by atoms with Gasteiger partial charge in [0.25, 0.3) is 0 Å². The first-order chi connectivity index (χ1) is 7.99. The van der Waals surface area contributed by atoms with Gasteiger partial charge in [0.15, 0.2) is 0 Å². The second-order valence-electron chi connectivity index (χ2n) is 4.89. The van der Waals surface area contributed by atoms with Gasteiger partial charge in [-0.05, 0) is 26.8 Å². The first kappa shape index (κ1) is 16.4. The number of hydrogen-bond donors (Lipinski definition) is 1. The van der Waals surface area contributed by atoms with Gasteiger partial charge < -0.3 is 15.0 Å². The van der Waals surface area contributed by atoms with E-state index in [2.05, 4.69) is 19.2 Å². The summed E-state index contributed by atoms with van der Waals surface area (Å²) in [7, 11) is 1.66. The standard InChI is InChI=1S/C13H28N2O2/c1-11(2)14-8-6-7-13(16)15(12(3)4)9-10-17-5/h11-12,14H,6-10H2,1-5H3. The zero-order valence-electron chi connectivity index (χ0n) is 12.0. The summed E-state index contributed by atoms with van der Waals surface area (Å²) < 4.78 is 5.02. The molecule has 0 fully saturated rings. The first-order valence-electron chi connectivity index (χ1n) is 6.50. The third kappa shape index (κ3) is 8.16. The average molecular weight is 244 g/mol. The number of hydrogen-bond acceptors (Lipinski definition) is 3. The second-order valence-corrected chi connectivity index (χ2v) is 4.89. The van der Waals surface area contributed by atoms with Crippen LogP contribution >= 0.6 is 0 Å². The molecule has 0 saturated heterocycles. The van der Waals surface area contributed by atoms with Gasteiger partial charge in [0, 0.05) is 32.2 Å². The largest absolute Gasteiger partial charge is 0.383 e. The van der Waals surface area contributed by atoms with Crippen molar-refractivity contribution in [1.82, 2.24) is 10.2 Å². The van der Waals surface area contributed by atoms with E-state index in [-0.39, 0.29) is 11.9 Å². The van der Waals surface area contributed by atoms with Crippen LogP contribution in [0.3, 0.4) is 0 Å². The predicted molar refractivity (Wildman–Crippen MR) is 71.1 cm³/mol. The van der Waals surface area contributed by atoms with E-state index in [4.69, 9.17) is 4.74 Å². The van der Waals surface area contributed by atoms with Crippen LogP contribution in [0.2, 0.25) is 0 Å². The summed E-state index contributed by atoms with van der Waals surface area (Å²) in [6, 6.07) is 0.732. The lowest BCUT2D eigenvalue weighted by atomic mass is 10.2. The number of carbonyl (C=O) groups is 1. The smallest absolute Gasteiger partial charge is 0.222 e. The van der Waals surface area contributed by atoms with Gasteiger partial charge in [-0.3, -0.25) is 4.79 Å². The summed E-state index contributed by atoms with van der Waals surface area (Å²) in [5.41, 5.74) is 0. The topological polar surface area (TPSA) is 41.6 Å². The molecule has 0 heterocycles. The highest BCUT2D eigenvalue weighted by molar-refractivity contribution is 5.76. The van der Waals surface area contributed by atoms with E-state index in [9.17, 15) is 4.79 Å². The van der Waals surface area contributed by atoms with E-state index in [0.29, 0.717) is 25.6 Å². The molecule has 0 aromatic heterocycles. The van der Waals surface area contributed by atoms with Gasteiger partial charge in [0.05, 0.1) is 6.61 Å². The maximum Gasteiger partial charge on any atom is 0.222 e. The molecule has 1 amide bonds. The zero-order valence-corrected chi connectivity index (χ0v) is 12.0. The maximum absolute atomic E-state index is 12.0. The number of nitrogens with one attached hydrogen (secondary N) is 1. The minimum Gasteiger partial charge on any atom is -0.383 e. The first-order valence-corrected chi connectivity index (χ1v) is 6.50. The van der Waals surface area contributed by atoms with Gasteiger partial charge in [-0.2, -0.15) is 0 Å². The molecule has 0 aliphatic carbocycles. The van der Waals surface area contributed by atoms with Crippen molar-refractivity contribution in [2.24, 2.45) is 0 Å². The Morgan fingerprint density at radius 2 is 1.94 bits per heavy atom. The highest BCUT2D eigenvalue weighted by Crippen LogP contribution is 2.03. The highest BCUT2D eigenvalue weighted by Gasteiger charge is 2.15. The second kappa shape index (κ2) is 9.42. The summed E-state index contributed by atoms with van der Waals surface area (Å²) in [4.78, 5) is 13.9. The minimum atomic E-state index is 0.225. The van der Waals surface area contributed by atoms with Crippen LogP contribution in [-0.4, -0.2) is 49.7 Å². The Hall–Kier alpha value is -0.610. The van der Waals surface area contributed by atoms with Crippen LogP contribution in [0.1, 0.15) is 40.5 Å². The van der Waals surface area contributed by atoms with Crippen molar-refractivity contribution in [3.63, 3.8) is 0 Å². The molecule has 0 unspecified atom stereocenters. The molecule has 0 saturated carbocycles. The minimum absolute atomic E-state index is 0.225. The summed E-state index contributed by atoms with van der Waals surface area (Å²) >= 11 is 0. The zero-order chi connectivity index (χ0) is 13.3. The van der Waals surface area contributed by atoms with Crippen molar-refractivity contribution in [2.45, 2.75) is 52.6 Å². The van der Waals surface area contributed by atoms with Crippen LogP contribution in [0.15, 0.2) is 0 Å². The van der Waals surface area contributed by atoms with Crippen LogP contribution in [0.25, 0.3) is 0 Å². The molecule has 1 N–H and O–H groups in total. The number of rotatable bonds is 9. The Kier molecular flexibility index (Phi) is 9.09. The van der Waals surface area contributed by atoms with Crippen LogP contribution in [-0.2, 0) is 9.53 Å². The fourth-order valence-corrected chi connectivity index (χ4v) is 1.63. The molecule has 0 aliphatic heterocycles. The predicted octanol–water partition coefficient (Wildman–Crippen LogP) is 1.65.